The number of nitrogens with one attached hydrogen (secondary N) is 2. The SMILES string of the molecule is CCOC(=O)C(=O)C(CC)NC(=O)C(CC(C)C)NC(=O)C(c1ccccc1)c1ccccc1. The van der Waals surface area contributed by atoms with Gasteiger partial charge >= 0.3 is 5.97 Å². The van der Waals surface area contributed by atoms with Crippen molar-refractivity contribution in [3.05, 3.63) is 71.8 Å². The van der Waals surface area contributed by atoms with Crippen molar-refractivity contribution in [2.75, 3.05) is 6.61 Å². The fourth-order valence-corrected chi connectivity index (χ4v) is 3.71. The third-order valence-electron chi connectivity index (χ3n) is 5.39. The topological polar surface area (TPSA) is 102 Å². The average Bonchev–Trinajstić information content (AvgIpc) is 2.83. The number of hydrogen-bond donors (Lipinski definition) is 2. The lowest BCUT2D eigenvalue weighted by Crippen LogP contribution is -2.53. The molecule has 0 saturated carbocycles. The molecule has 0 saturated heterocycles. The molecule has 0 aliphatic heterocycles. The Hall–Kier alpha value is -3.48. The molecule has 2 unspecified atom stereocenters. The number of esters is 1. The lowest BCUT2D eigenvalue weighted by atomic mass is 9.90. The van der Waals surface area contributed by atoms with Gasteiger partial charge in [0.2, 0.25) is 11.8 Å². The van der Waals surface area contributed by atoms with Crippen LogP contribution >= 0.6 is 0 Å². The van der Waals surface area contributed by atoms with E-state index in [0.717, 1.165) is 11.1 Å². The van der Waals surface area contributed by atoms with Crippen LogP contribution in [0, 0.1) is 5.92 Å². The molecule has 2 atom stereocenters. The van der Waals surface area contributed by atoms with Gasteiger partial charge in [-0.15, -0.1) is 0 Å². The van der Waals surface area contributed by atoms with Gasteiger partial charge in [0.05, 0.1) is 18.6 Å². The van der Waals surface area contributed by atoms with E-state index in [2.05, 4.69) is 10.6 Å². The zero-order valence-corrected chi connectivity index (χ0v) is 20.2. The van der Waals surface area contributed by atoms with Gasteiger partial charge in [0.25, 0.3) is 5.78 Å². The second-order valence-electron chi connectivity index (χ2n) is 8.50. The van der Waals surface area contributed by atoms with Gasteiger partial charge in [0.15, 0.2) is 0 Å². The minimum atomic E-state index is -1.02. The Bertz CT molecular complexity index is 920. The summed E-state index contributed by atoms with van der Waals surface area (Å²) >= 11 is 0. The molecule has 0 heterocycles. The molecule has 7 heteroatoms. The number of amides is 2. The Labute approximate surface area is 201 Å². The summed E-state index contributed by atoms with van der Waals surface area (Å²) in [6.07, 6.45) is 0.598. The van der Waals surface area contributed by atoms with E-state index < -0.39 is 35.7 Å². The summed E-state index contributed by atoms with van der Waals surface area (Å²) in [5.41, 5.74) is 1.61. The number of carbonyl (C=O) groups is 4. The molecule has 34 heavy (non-hydrogen) atoms. The molecule has 2 aromatic rings. The first-order chi connectivity index (χ1) is 16.3. The highest BCUT2D eigenvalue weighted by Gasteiger charge is 2.32. The van der Waals surface area contributed by atoms with Crippen LogP contribution in [0.15, 0.2) is 60.7 Å². The minimum Gasteiger partial charge on any atom is -0.460 e. The molecular weight excluding hydrogens is 432 g/mol. The van der Waals surface area contributed by atoms with Gasteiger partial charge in [-0.05, 0) is 36.8 Å². The number of ether oxygens (including phenoxy) is 1. The summed E-state index contributed by atoms with van der Waals surface area (Å²) in [4.78, 5) is 50.9. The van der Waals surface area contributed by atoms with Crippen molar-refractivity contribution < 1.29 is 23.9 Å². The van der Waals surface area contributed by atoms with E-state index in [9.17, 15) is 19.2 Å². The molecule has 0 aromatic heterocycles. The maximum Gasteiger partial charge on any atom is 0.376 e. The van der Waals surface area contributed by atoms with Crippen LogP contribution in [0.4, 0.5) is 0 Å². The average molecular weight is 467 g/mol. The Morgan fingerprint density at radius 1 is 0.765 bits per heavy atom. The van der Waals surface area contributed by atoms with Crippen LogP contribution in [0.25, 0.3) is 0 Å². The van der Waals surface area contributed by atoms with Crippen LogP contribution in [0.1, 0.15) is 57.6 Å². The quantitative estimate of drug-likeness (QED) is 0.369. The summed E-state index contributed by atoms with van der Waals surface area (Å²) < 4.78 is 4.78. The Balaban J connectivity index is 2.26. The van der Waals surface area contributed by atoms with Crippen LogP contribution < -0.4 is 10.6 Å². The molecule has 0 radical (unpaired) electrons. The van der Waals surface area contributed by atoms with E-state index in [-0.39, 0.29) is 24.9 Å². The van der Waals surface area contributed by atoms with Crippen molar-refractivity contribution in [2.45, 2.75) is 58.5 Å². The highest BCUT2D eigenvalue weighted by molar-refractivity contribution is 6.36. The summed E-state index contributed by atoms with van der Waals surface area (Å²) in [6, 6.07) is 16.8. The summed E-state index contributed by atoms with van der Waals surface area (Å²) in [5.74, 6) is -3.11. The highest BCUT2D eigenvalue weighted by Crippen LogP contribution is 2.25. The van der Waals surface area contributed by atoms with E-state index in [1.807, 2.05) is 74.5 Å². The predicted octanol–water partition coefficient (Wildman–Crippen LogP) is 3.38. The van der Waals surface area contributed by atoms with Gasteiger partial charge < -0.3 is 15.4 Å². The molecule has 0 bridgehead atoms. The normalized spacial score (nSPS) is 12.6. The molecule has 0 aliphatic carbocycles. The van der Waals surface area contributed by atoms with Crippen LogP contribution in [0.5, 0.6) is 0 Å². The fraction of sp³-hybridized carbons (Fsp3) is 0.407. The first-order valence-electron chi connectivity index (χ1n) is 11.7. The Kier molecular flexibility index (Phi) is 10.5. The van der Waals surface area contributed by atoms with Crippen molar-refractivity contribution >= 4 is 23.6 Å². The maximum atomic E-state index is 13.5. The third kappa shape index (κ3) is 7.54. The molecular formula is C27H34N2O5. The Morgan fingerprint density at radius 3 is 1.71 bits per heavy atom. The van der Waals surface area contributed by atoms with E-state index >= 15 is 0 Å². The lowest BCUT2D eigenvalue weighted by Gasteiger charge is -2.25. The molecule has 2 aromatic carbocycles. The molecule has 0 aliphatic rings. The van der Waals surface area contributed by atoms with Gasteiger partial charge in [-0.3, -0.25) is 14.4 Å². The van der Waals surface area contributed by atoms with Crippen molar-refractivity contribution in [3.63, 3.8) is 0 Å². The van der Waals surface area contributed by atoms with Crippen molar-refractivity contribution in [1.29, 1.82) is 0 Å². The van der Waals surface area contributed by atoms with Crippen LogP contribution in [0.2, 0.25) is 0 Å². The molecule has 182 valence electrons. The van der Waals surface area contributed by atoms with Crippen LogP contribution in [0.3, 0.4) is 0 Å². The molecule has 0 fully saturated rings. The number of Topliss-reactive ketones (excluding diaryl/α,β-unsaturated/α-hetero) is 1. The molecule has 2 N–H and O–H groups in total. The van der Waals surface area contributed by atoms with Gasteiger partial charge in [-0.25, -0.2) is 4.79 Å². The zero-order chi connectivity index (χ0) is 25.1. The monoisotopic (exact) mass is 466 g/mol. The van der Waals surface area contributed by atoms with E-state index in [4.69, 9.17) is 4.74 Å². The van der Waals surface area contributed by atoms with Gasteiger partial charge in [-0.1, -0.05) is 81.4 Å². The van der Waals surface area contributed by atoms with Crippen LogP contribution in [-0.4, -0.2) is 42.3 Å². The largest absolute Gasteiger partial charge is 0.460 e. The van der Waals surface area contributed by atoms with Crippen molar-refractivity contribution in [1.82, 2.24) is 10.6 Å². The summed E-state index contributed by atoms with van der Waals surface area (Å²) in [5, 5.41) is 5.52. The van der Waals surface area contributed by atoms with Crippen molar-refractivity contribution in [3.8, 4) is 0 Å². The van der Waals surface area contributed by atoms with E-state index in [1.54, 1.807) is 13.8 Å². The molecule has 7 nitrogen and oxygen atoms in total. The molecule has 2 amide bonds. The second kappa shape index (κ2) is 13.3. The summed E-state index contributed by atoms with van der Waals surface area (Å²) in [6.45, 7) is 7.26. The number of hydrogen-bond acceptors (Lipinski definition) is 5. The second-order valence-corrected chi connectivity index (χ2v) is 8.50. The van der Waals surface area contributed by atoms with Crippen LogP contribution in [-0.2, 0) is 23.9 Å². The third-order valence-corrected chi connectivity index (χ3v) is 5.39. The Morgan fingerprint density at radius 2 is 1.26 bits per heavy atom. The molecule has 2 rings (SSSR count). The first kappa shape index (κ1) is 26.8. The van der Waals surface area contributed by atoms with Crippen molar-refractivity contribution in [2.24, 2.45) is 5.92 Å². The smallest absolute Gasteiger partial charge is 0.376 e. The number of ketones is 1. The zero-order valence-electron chi connectivity index (χ0n) is 20.2. The van der Waals surface area contributed by atoms with Gasteiger partial charge in [0.1, 0.15) is 6.04 Å². The number of carbonyl (C=O) groups excluding carboxylic acids is 4. The number of rotatable bonds is 12. The van der Waals surface area contributed by atoms with Gasteiger partial charge in [-0.2, -0.15) is 0 Å². The summed E-state index contributed by atoms with van der Waals surface area (Å²) in [7, 11) is 0. The molecule has 0 spiro atoms. The number of benzene rings is 2. The van der Waals surface area contributed by atoms with Gasteiger partial charge in [0, 0.05) is 0 Å². The van der Waals surface area contributed by atoms with E-state index in [0.29, 0.717) is 6.42 Å². The van der Waals surface area contributed by atoms with E-state index in [1.165, 1.54) is 0 Å². The minimum absolute atomic E-state index is 0.0708. The standard InChI is InChI=1S/C27H34N2O5/c1-5-21(24(30)27(33)34-6-2)28-25(31)22(17-18(3)4)29-26(32)23(19-13-9-7-10-14-19)20-15-11-8-12-16-20/h7-16,18,21-23H,5-6,17H2,1-4H3,(H,28,31)(H,29,32). The first-order valence-corrected chi connectivity index (χ1v) is 11.7. The fourth-order valence-electron chi connectivity index (χ4n) is 3.71. The maximum absolute atomic E-state index is 13.5. The lowest BCUT2D eigenvalue weighted by molar-refractivity contribution is -0.154. The highest BCUT2D eigenvalue weighted by atomic mass is 16.5. The predicted molar refractivity (Wildman–Crippen MR) is 130 cm³/mol.